The first kappa shape index (κ1) is 9.44. The molecule has 1 saturated carbocycles. The third-order valence-corrected chi connectivity index (χ3v) is 2.97. The Balaban J connectivity index is 2.30. The van der Waals surface area contributed by atoms with Crippen molar-refractivity contribution in [2.24, 2.45) is 0 Å². The summed E-state index contributed by atoms with van der Waals surface area (Å²) in [5.74, 6) is 0. The van der Waals surface area contributed by atoms with Gasteiger partial charge in [-0.3, -0.25) is 9.36 Å². The highest BCUT2D eigenvalue weighted by atomic mass is 16.1. The maximum absolute atomic E-state index is 11.7. The molecule has 0 N–H and O–H groups in total. The molecule has 1 aliphatic carbocycles. The van der Waals surface area contributed by atoms with E-state index in [1.807, 2.05) is 6.92 Å². The molecule has 0 unspecified atom stereocenters. The first-order valence-corrected chi connectivity index (χ1v) is 5.38. The topological polar surface area (TPSA) is 34.9 Å². The monoisotopic (exact) mass is 192 g/mol. The molecule has 3 heteroatoms. The van der Waals surface area contributed by atoms with E-state index >= 15 is 0 Å². The van der Waals surface area contributed by atoms with E-state index < -0.39 is 0 Å². The predicted molar refractivity (Wildman–Crippen MR) is 55.4 cm³/mol. The highest BCUT2D eigenvalue weighted by molar-refractivity contribution is 5.00. The van der Waals surface area contributed by atoms with E-state index in [1.54, 1.807) is 17.0 Å². The second kappa shape index (κ2) is 3.95. The maximum Gasteiger partial charge on any atom is 0.253 e. The van der Waals surface area contributed by atoms with Gasteiger partial charge in [0.15, 0.2) is 0 Å². The molecule has 3 nitrogen and oxygen atoms in total. The minimum Gasteiger partial charge on any atom is -0.296 e. The van der Waals surface area contributed by atoms with Crippen LogP contribution in [0.5, 0.6) is 0 Å². The molecule has 0 saturated heterocycles. The number of rotatable bonds is 2. The fraction of sp³-hybridized carbons (Fsp3) is 0.636. The summed E-state index contributed by atoms with van der Waals surface area (Å²) in [7, 11) is 0. The molecule has 0 spiro atoms. The van der Waals surface area contributed by atoms with Crippen molar-refractivity contribution in [3.8, 4) is 0 Å². The summed E-state index contributed by atoms with van der Waals surface area (Å²) in [5.41, 5.74) is 1.01. The van der Waals surface area contributed by atoms with Crippen molar-refractivity contribution in [2.75, 3.05) is 0 Å². The molecule has 1 aromatic rings. The number of aromatic nitrogens is 2. The average Bonchev–Trinajstić information content (AvgIpc) is 2.70. The molecule has 0 atom stereocenters. The van der Waals surface area contributed by atoms with Crippen molar-refractivity contribution in [1.29, 1.82) is 0 Å². The van der Waals surface area contributed by atoms with Crippen molar-refractivity contribution in [3.63, 3.8) is 0 Å². The van der Waals surface area contributed by atoms with Crippen molar-refractivity contribution < 1.29 is 0 Å². The fourth-order valence-corrected chi connectivity index (χ4v) is 2.10. The Morgan fingerprint density at radius 3 is 2.79 bits per heavy atom. The van der Waals surface area contributed by atoms with Crippen LogP contribution in [-0.2, 0) is 6.42 Å². The first-order chi connectivity index (χ1) is 6.81. The lowest BCUT2D eigenvalue weighted by Crippen LogP contribution is -2.23. The van der Waals surface area contributed by atoms with Gasteiger partial charge in [0.05, 0.1) is 6.33 Å². The van der Waals surface area contributed by atoms with Crippen LogP contribution in [0.15, 0.2) is 17.2 Å². The van der Waals surface area contributed by atoms with Crippen LogP contribution >= 0.6 is 0 Å². The number of hydrogen-bond acceptors (Lipinski definition) is 2. The highest BCUT2D eigenvalue weighted by Gasteiger charge is 2.17. The number of hydrogen-bond donors (Lipinski definition) is 0. The van der Waals surface area contributed by atoms with Crippen LogP contribution in [0.1, 0.15) is 44.3 Å². The lowest BCUT2D eigenvalue weighted by molar-refractivity contribution is 0.493. The summed E-state index contributed by atoms with van der Waals surface area (Å²) in [6.45, 7) is 2.02. The molecule has 0 aromatic carbocycles. The molecule has 0 bridgehead atoms. The van der Waals surface area contributed by atoms with Gasteiger partial charge in [-0.1, -0.05) is 19.8 Å². The lowest BCUT2D eigenvalue weighted by Gasteiger charge is -2.12. The summed E-state index contributed by atoms with van der Waals surface area (Å²) in [6, 6.07) is 2.07. The van der Waals surface area contributed by atoms with Crippen LogP contribution in [0.4, 0.5) is 0 Å². The quantitative estimate of drug-likeness (QED) is 0.717. The van der Waals surface area contributed by atoms with Gasteiger partial charge >= 0.3 is 0 Å². The average molecular weight is 192 g/mol. The molecule has 2 rings (SSSR count). The maximum atomic E-state index is 11.7. The Labute approximate surface area is 83.8 Å². The third-order valence-electron chi connectivity index (χ3n) is 2.97. The molecule has 0 radical (unpaired) electrons. The van der Waals surface area contributed by atoms with E-state index in [-0.39, 0.29) is 5.56 Å². The molecule has 1 aromatic heterocycles. The van der Waals surface area contributed by atoms with Crippen molar-refractivity contribution >= 4 is 0 Å². The van der Waals surface area contributed by atoms with Gasteiger partial charge in [-0.15, -0.1) is 0 Å². The van der Waals surface area contributed by atoms with Crippen LogP contribution in [0.3, 0.4) is 0 Å². The Hall–Kier alpha value is -1.12. The summed E-state index contributed by atoms with van der Waals surface area (Å²) in [6.07, 6.45) is 7.30. The SMILES string of the molecule is CCc1cc(=O)n(C2CCCC2)cn1. The van der Waals surface area contributed by atoms with Crippen LogP contribution in [-0.4, -0.2) is 9.55 Å². The van der Waals surface area contributed by atoms with E-state index in [0.29, 0.717) is 6.04 Å². The van der Waals surface area contributed by atoms with Gasteiger partial charge in [-0.25, -0.2) is 4.98 Å². The summed E-state index contributed by atoms with van der Waals surface area (Å²) in [5, 5.41) is 0. The van der Waals surface area contributed by atoms with Crippen LogP contribution in [0, 0.1) is 0 Å². The zero-order valence-corrected chi connectivity index (χ0v) is 8.57. The van der Waals surface area contributed by atoms with Crippen molar-refractivity contribution in [2.45, 2.75) is 45.1 Å². The molecule has 14 heavy (non-hydrogen) atoms. The van der Waals surface area contributed by atoms with Gasteiger partial charge in [0.2, 0.25) is 0 Å². The number of aryl methyl sites for hydroxylation is 1. The Bertz CT molecular complexity index is 364. The van der Waals surface area contributed by atoms with Gasteiger partial charge in [-0.05, 0) is 19.3 Å². The Morgan fingerprint density at radius 1 is 1.50 bits per heavy atom. The molecular formula is C11H16N2O. The van der Waals surface area contributed by atoms with Gasteiger partial charge < -0.3 is 0 Å². The normalized spacial score (nSPS) is 17.5. The highest BCUT2D eigenvalue weighted by Crippen LogP contribution is 2.27. The van der Waals surface area contributed by atoms with E-state index in [4.69, 9.17) is 0 Å². The molecule has 1 aliphatic rings. The van der Waals surface area contributed by atoms with E-state index in [2.05, 4.69) is 4.98 Å². The Kier molecular flexibility index (Phi) is 2.66. The zero-order chi connectivity index (χ0) is 9.97. The standard InChI is InChI=1S/C11H16N2O/c1-2-9-7-11(14)13(8-12-9)10-5-3-4-6-10/h7-8,10H,2-6H2,1H3. The first-order valence-electron chi connectivity index (χ1n) is 5.38. The molecule has 1 fully saturated rings. The molecule has 0 amide bonds. The summed E-state index contributed by atoms with van der Waals surface area (Å²) < 4.78 is 1.80. The smallest absolute Gasteiger partial charge is 0.253 e. The van der Waals surface area contributed by atoms with Crippen molar-refractivity contribution in [3.05, 3.63) is 28.4 Å². The van der Waals surface area contributed by atoms with Gasteiger partial charge in [0, 0.05) is 17.8 Å². The second-order valence-corrected chi connectivity index (χ2v) is 3.92. The van der Waals surface area contributed by atoms with E-state index in [0.717, 1.165) is 25.0 Å². The number of nitrogens with zero attached hydrogens (tertiary/aromatic N) is 2. The summed E-state index contributed by atoms with van der Waals surface area (Å²) >= 11 is 0. The fourth-order valence-electron chi connectivity index (χ4n) is 2.10. The summed E-state index contributed by atoms with van der Waals surface area (Å²) in [4.78, 5) is 16.0. The minimum atomic E-state index is 0.115. The lowest BCUT2D eigenvalue weighted by atomic mass is 10.2. The minimum absolute atomic E-state index is 0.115. The van der Waals surface area contributed by atoms with Crippen LogP contribution in [0.25, 0.3) is 0 Å². The van der Waals surface area contributed by atoms with Gasteiger partial charge in [0.25, 0.3) is 5.56 Å². The van der Waals surface area contributed by atoms with E-state index in [9.17, 15) is 4.79 Å². The second-order valence-electron chi connectivity index (χ2n) is 3.92. The zero-order valence-electron chi connectivity index (χ0n) is 8.57. The van der Waals surface area contributed by atoms with Gasteiger partial charge in [-0.2, -0.15) is 0 Å². The van der Waals surface area contributed by atoms with Crippen molar-refractivity contribution in [1.82, 2.24) is 9.55 Å². The van der Waals surface area contributed by atoms with Crippen LogP contribution < -0.4 is 5.56 Å². The Morgan fingerprint density at radius 2 is 2.21 bits per heavy atom. The van der Waals surface area contributed by atoms with E-state index in [1.165, 1.54) is 12.8 Å². The molecule has 0 aliphatic heterocycles. The molecule has 1 heterocycles. The largest absolute Gasteiger partial charge is 0.296 e. The van der Waals surface area contributed by atoms with Gasteiger partial charge in [0.1, 0.15) is 0 Å². The van der Waals surface area contributed by atoms with Crippen LogP contribution in [0.2, 0.25) is 0 Å². The third kappa shape index (κ3) is 1.72. The molecule has 76 valence electrons. The molecular weight excluding hydrogens is 176 g/mol. The predicted octanol–water partition coefficient (Wildman–Crippen LogP) is 1.92.